The molecule has 0 amide bonds. The highest BCUT2D eigenvalue weighted by Crippen LogP contribution is 1.98. The van der Waals surface area contributed by atoms with Gasteiger partial charge in [0.1, 0.15) is 0 Å². The van der Waals surface area contributed by atoms with Gasteiger partial charge in [0.25, 0.3) is 0 Å². The van der Waals surface area contributed by atoms with Gasteiger partial charge in [0.05, 0.1) is 0 Å². The first kappa shape index (κ1) is 7.86. The summed E-state index contributed by atoms with van der Waals surface area (Å²) in [7, 11) is 0. The van der Waals surface area contributed by atoms with Crippen molar-refractivity contribution in [2.24, 2.45) is 0 Å². The number of aryl methyl sites for hydroxylation is 1. The van der Waals surface area contributed by atoms with Gasteiger partial charge in [-0.25, -0.2) is 0 Å². The summed E-state index contributed by atoms with van der Waals surface area (Å²) >= 11 is 3.40. The second-order valence-electron chi connectivity index (χ2n) is 2.32. The summed E-state index contributed by atoms with van der Waals surface area (Å²) < 4.78 is 2.21. The van der Waals surface area contributed by atoms with Gasteiger partial charge < -0.3 is 4.57 Å². The lowest BCUT2D eigenvalue weighted by Crippen LogP contribution is -1.93. The molecule has 0 bridgehead atoms. The third-order valence-electron chi connectivity index (χ3n) is 1.47. The molecule has 0 spiro atoms. The largest absolute Gasteiger partial charge is 0.354 e. The molecule has 0 atom stereocenters. The van der Waals surface area contributed by atoms with Crippen LogP contribution in [-0.2, 0) is 6.54 Å². The average molecular weight is 202 g/mol. The summed E-state index contributed by atoms with van der Waals surface area (Å²) in [6, 6.07) is 4.13. The Labute approximate surface area is 70.2 Å². The van der Waals surface area contributed by atoms with Crippen LogP contribution < -0.4 is 0 Å². The molecule has 0 aromatic carbocycles. The molecule has 0 aliphatic heterocycles. The average Bonchev–Trinajstić information content (AvgIpc) is 2.41. The van der Waals surface area contributed by atoms with Gasteiger partial charge >= 0.3 is 0 Å². The molecule has 10 heavy (non-hydrogen) atoms. The first-order chi connectivity index (χ1) is 4.93. The molecule has 1 aromatic rings. The SMILES string of the molecule is BrCCCCn1cccc1. The molecule has 56 valence electrons. The molecular formula is C8H12BrN. The first-order valence-corrected chi connectivity index (χ1v) is 4.72. The Morgan fingerprint density at radius 1 is 1.10 bits per heavy atom. The van der Waals surface area contributed by atoms with Crippen LogP contribution in [0.2, 0.25) is 0 Å². The minimum Gasteiger partial charge on any atom is -0.354 e. The zero-order valence-corrected chi connectivity index (χ0v) is 7.55. The number of alkyl halides is 1. The maximum absolute atomic E-state index is 3.40. The molecule has 0 radical (unpaired) electrons. The van der Waals surface area contributed by atoms with E-state index >= 15 is 0 Å². The van der Waals surface area contributed by atoms with Crippen molar-refractivity contribution in [3.63, 3.8) is 0 Å². The third kappa shape index (κ3) is 2.56. The maximum Gasteiger partial charge on any atom is 0.0219 e. The van der Waals surface area contributed by atoms with Gasteiger partial charge in [0, 0.05) is 24.3 Å². The van der Waals surface area contributed by atoms with E-state index in [4.69, 9.17) is 0 Å². The standard InChI is InChI=1S/C8H12BrN/c9-5-1-2-6-10-7-3-4-8-10/h3-4,7-8H,1-2,5-6H2. The fraction of sp³-hybridized carbons (Fsp3) is 0.500. The molecule has 1 nitrogen and oxygen atoms in total. The number of nitrogens with zero attached hydrogens (tertiary/aromatic N) is 1. The number of hydrogen-bond acceptors (Lipinski definition) is 0. The molecule has 0 N–H and O–H groups in total. The molecule has 0 unspecified atom stereocenters. The fourth-order valence-corrected chi connectivity index (χ4v) is 1.30. The van der Waals surface area contributed by atoms with Gasteiger partial charge in [0.15, 0.2) is 0 Å². The zero-order valence-electron chi connectivity index (χ0n) is 5.96. The van der Waals surface area contributed by atoms with Gasteiger partial charge in [-0.15, -0.1) is 0 Å². The normalized spacial score (nSPS) is 10.1. The number of unbranched alkanes of at least 4 members (excludes halogenated alkanes) is 1. The van der Waals surface area contributed by atoms with Crippen LogP contribution in [0.5, 0.6) is 0 Å². The van der Waals surface area contributed by atoms with Crippen molar-refractivity contribution in [3.05, 3.63) is 24.5 Å². The zero-order chi connectivity index (χ0) is 7.23. The van der Waals surface area contributed by atoms with Crippen molar-refractivity contribution in [3.8, 4) is 0 Å². The molecule has 0 fully saturated rings. The van der Waals surface area contributed by atoms with E-state index in [1.807, 2.05) is 0 Å². The van der Waals surface area contributed by atoms with Crippen LogP contribution in [0.3, 0.4) is 0 Å². The quantitative estimate of drug-likeness (QED) is 0.522. The Kier molecular flexibility index (Phi) is 3.58. The number of aromatic nitrogens is 1. The van der Waals surface area contributed by atoms with Crippen molar-refractivity contribution in [1.82, 2.24) is 4.57 Å². The minimum atomic E-state index is 1.12. The van der Waals surface area contributed by atoms with Crippen LogP contribution in [0.1, 0.15) is 12.8 Å². The summed E-state index contributed by atoms with van der Waals surface area (Å²) in [6.07, 6.45) is 6.74. The summed E-state index contributed by atoms with van der Waals surface area (Å²) in [4.78, 5) is 0. The van der Waals surface area contributed by atoms with Gasteiger partial charge in [-0.3, -0.25) is 0 Å². The maximum atomic E-state index is 3.40. The van der Waals surface area contributed by atoms with E-state index in [-0.39, 0.29) is 0 Å². The lowest BCUT2D eigenvalue weighted by Gasteiger charge is -1.99. The molecule has 1 heterocycles. The number of rotatable bonds is 4. The summed E-state index contributed by atoms with van der Waals surface area (Å²) in [5.74, 6) is 0. The van der Waals surface area contributed by atoms with Crippen LogP contribution in [0.4, 0.5) is 0 Å². The van der Waals surface area contributed by atoms with Crippen LogP contribution in [0, 0.1) is 0 Å². The molecule has 0 aliphatic rings. The van der Waals surface area contributed by atoms with Gasteiger partial charge in [-0.1, -0.05) is 15.9 Å². The van der Waals surface area contributed by atoms with Crippen molar-refractivity contribution in [2.75, 3.05) is 5.33 Å². The topological polar surface area (TPSA) is 4.93 Å². The second kappa shape index (κ2) is 4.56. The Morgan fingerprint density at radius 2 is 1.80 bits per heavy atom. The predicted molar refractivity (Wildman–Crippen MR) is 47.5 cm³/mol. The van der Waals surface area contributed by atoms with E-state index in [2.05, 4.69) is 45.0 Å². The van der Waals surface area contributed by atoms with E-state index in [9.17, 15) is 0 Å². The van der Waals surface area contributed by atoms with Crippen LogP contribution in [0.25, 0.3) is 0 Å². The Hall–Kier alpha value is -0.240. The van der Waals surface area contributed by atoms with Crippen LogP contribution in [0.15, 0.2) is 24.5 Å². The van der Waals surface area contributed by atoms with Crippen molar-refractivity contribution in [2.45, 2.75) is 19.4 Å². The molecule has 0 saturated heterocycles. The summed E-state index contributed by atoms with van der Waals surface area (Å²) in [5, 5.41) is 1.12. The van der Waals surface area contributed by atoms with Gasteiger partial charge in [-0.05, 0) is 25.0 Å². The van der Waals surface area contributed by atoms with Crippen molar-refractivity contribution in [1.29, 1.82) is 0 Å². The van der Waals surface area contributed by atoms with Gasteiger partial charge in [-0.2, -0.15) is 0 Å². The predicted octanol–water partition coefficient (Wildman–Crippen LogP) is 2.66. The van der Waals surface area contributed by atoms with Crippen LogP contribution >= 0.6 is 15.9 Å². The molecule has 0 aliphatic carbocycles. The smallest absolute Gasteiger partial charge is 0.0219 e. The highest BCUT2D eigenvalue weighted by atomic mass is 79.9. The highest BCUT2D eigenvalue weighted by molar-refractivity contribution is 9.09. The molecule has 2 heteroatoms. The molecule has 0 saturated carbocycles. The fourth-order valence-electron chi connectivity index (χ4n) is 0.908. The van der Waals surface area contributed by atoms with Crippen LogP contribution in [-0.4, -0.2) is 9.90 Å². The Morgan fingerprint density at radius 3 is 2.40 bits per heavy atom. The van der Waals surface area contributed by atoms with E-state index in [0.29, 0.717) is 0 Å². The monoisotopic (exact) mass is 201 g/mol. The lowest BCUT2D eigenvalue weighted by molar-refractivity contribution is 0.639. The molecule has 1 rings (SSSR count). The number of halogens is 1. The molecular weight excluding hydrogens is 190 g/mol. The third-order valence-corrected chi connectivity index (χ3v) is 2.03. The summed E-state index contributed by atoms with van der Waals surface area (Å²) in [6.45, 7) is 1.15. The summed E-state index contributed by atoms with van der Waals surface area (Å²) in [5.41, 5.74) is 0. The lowest BCUT2D eigenvalue weighted by atomic mass is 10.3. The minimum absolute atomic E-state index is 1.12. The molecule has 1 aromatic heterocycles. The van der Waals surface area contributed by atoms with E-state index in [0.717, 1.165) is 11.9 Å². The second-order valence-corrected chi connectivity index (χ2v) is 3.11. The number of hydrogen-bond donors (Lipinski definition) is 0. The Balaban J connectivity index is 2.15. The Bertz CT molecular complexity index is 158. The highest BCUT2D eigenvalue weighted by Gasteiger charge is 1.87. The van der Waals surface area contributed by atoms with Gasteiger partial charge in [0.2, 0.25) is 0 Å². The van der Waals surface area contributed by atoms with E-state index in [1.54, 1.807) is 0 Å². The van der Waals surface area contributed by atoms with Crippen molar-refractivity contribution >= 4 is 15.9 Å². The first-order valence-electron chi connectivity index (χ1n) is 3.60. The van der Waals surface area contributed by atoms with E-state index < -0.39 is 0 Å². The van der Waals surface area contributed by atoms with E-state index in [1.165, 1.54) is 12.8 Å². The van der Waals surface area contributed by atoms with Crippen molar-refractivity contribution < 1.29 is 0 Å².